The van der Waals surface area contributed by atoms with Crippen LogP contribution in [0, 0.1) is 0 Å². The van der Waals surface area contributed by atoms with E-state index in [2.05, 4.69) is 22.5 Å². The zero-order chi connectivity index (χ0) is 12.0. The molecule has 0 aliphatic heterocycles. The standard InChI is InChI=1S/C12H19N3O/c1-10(8-12(16)14-13)15(2)9-11-6-4-3-5-7-11/h3-7,10H,8-9,13H2,1-2H3,(H,14,16). The maximum Gasteiger partial charge on any atom is 0.235 e. The van der Waals surface area contributed by atoms with Crippen molar-refractivity contribution < 1.29 is 4.79 Å². The van der Waals surface area contributed by atoms with Gasteiger partial charge in [-0.3, -0.25) is 15.1 Å². The van der Waals surface area contributed by atoms with E-state index in [1.54, 1.807) is 0 Å². The second-order valence-corrected chi connectivity index (χ2v) is 4.02. The number of nitrogens with two attached hydrogens (primary N) is 1. The van der Waals surface area contributed by atoms with Gasteiger partial charge in [0.1, 0.15) is 0 Å². The Morgan fingerprint density at radius 1 is 1.44 bits per heavy atom. The first-order valence-corrected chi connectivity index (χ1v) is 5.37. The molecule has 88 valence electrons. The molecular weight excluding hydrogens is 202 g/mol. The van der Waals surface area contributed by atoms with Crippen molar-refractivity contribution >= 4 is 5.91 Å². The Hall–Kier alpha value is -1.39. The Bertz CT molecular complexity index is 326. The summed E-state index contributed by atoms with van der Waals surface area (Å²) in [5, 5.41) is 0. The third kappa shape index (κ3) is 4.00. The van der Waals surface area contributed by atoms with E-state index in [9.17, 15) is 4.79 Å². The van der Waals surface area contributed by atoms with Crippen molar-refractivity contribution in [1.29, 1.82) is 0 Å². The molecule has 0 aromatic heterocycles. The molecule has 0 saturated heterocycles. The average Bonchev–Trinajstić information content (AvgIpc) is 2.30. The molecule has 1 aromatic carbocycles. The lowest BCUT2D eigenvalue weighted by Crippen LogP contribution is -2.37. The summed E-state index contributed by atoms with van der Waals surface area (Å²) in [6.07, 6.45) is 0.417. The fourth-order valence-corrected chi connectivity index (χ4v) is 1.51. The van der Waals surface area contributed by atoms with Crippen LogP contribution in [0.2, 0.25) is 0 Å². The van der Waals surface area contributed by atoms with E-state index >= 15 is 0 Å². The predicted molar refractivity (Wildman–Crippen MR) is 64.3 cm³/mol. The first-order chi connectivity index (χ1) is 7.63. The van der Waals surface area contributed by atoms with Crippen molar-refractivity contribution in [3.63, 3.8) is 0 Å². The molecule has 4 nitrogen and oxygen atoms in total. The van der Waals surface area contributed by atoms with Crippen LogP contribution in [-0.4, -0.2) is 23.9 Å². The molecule has 1 aromatic rings. The molecule has 3 N–H and O–H groups in total. The molecule has 0 spiro atoms. The van der Waals surface area contributed by atoms with Gasteiger partial charge in [-0.05, 0) is 19.5 Å². The van der Waals surface area contributed by atoms with Crippen molar-refractivity contribution in [2.75, 3.05) is 7.05 Å². The van der Waals surface area contributed by atoms with Gasteiger partial charge in [0.05, 0.1) is 0 Å². The van der Waals surface area contributed by atoms with Crippen molar-refractivity contribution in [2.45, 2.75) is 25.9 Å². The number of carbonyl (C=O) groups is 1. The minimum atomic E-state index is -0.132. The lowest BCUT2D eigenvalue weighted by Gasteiger charge is -2.24. The molecule has 0 bridgehead atoms. The number of amides is 1. The van der Waals surface area contributed by atoms with Crippen LogP contribution in [0.4, 0.5) is 0 Å². The van der Waals surface area contributed by atoms with E-state index < -0.39 is 0 Å². The molecule has 1 atom stereocenters. The van der Waals surface area contributed by atoms with Crippen LogP contribution in [-0.2, 0) is 11.3 Å². The van der Waals surface area contributed by atoms with Gasteiger partial charge in [0.25, 0.3) is 0 Å². The number of rotatable bonds is 5. The Kier molecular flexibility index (Phi) is 4.95. The summed E-state index contributed by atoms with van der Waals surface area (Å²) in [4.78, 5) is 13.2. The van der Waals surface area contributed by atoms with Crippen LogP contribution >= 0.6 is 0 Å². The van der Waals surface area contributed by atoms with Gasteiger partial charge in [-0.15, -0.1) is 0 Å². The number of hydrogen-bond donors (Lipinski definition) is 2. The van der Waals surface area contributed by atoms with Crippen molar-refractivity contribution in [3.05, 3.63) is 35.9 Å². The number of nitrogens with zero attached hydrogens (tertiary/aromatic N) is 1. The Balaban J connectivity index is 2.46. The Morgan fingerprint density at radius 2 is 2.06 bits per heavy atom. The quantitative estimate of drug-likeness (QED) is 0.441. The fourth-order valence-electron chi connectivity index (χ4n) is 1.51. The van der Waals surface area contributed by atoms with Gasteiger partial charge in [0.2, 0.25) is 5.91 Å². The minimum Gasteiger partial charge on any atom is -0.299 e. The molecule has 0 radical (unpaired) electrons. The van der Waals surface area contributed by atoms with Gasteiger partial charge in [0, 0.05) is 19.0 Å². The molecule has 1 rings (SSSR count). The van der Waals surface area contributed by atoms with Crippen LogP contribution < -0.4 is 11.3 Å². The number of benzene rings is 1. The van der Waals surface area contributed by atoms with Crippen molar-refractivity contribution in [1.82, 2.24) is 10.3 Å². The van der Waals surface area contributed by atoms with E-state index in [4.69, 9.17) is 5.84 Å². The molecule has 4 heteroatoms. The zero-order valence-electron chi connectivity index (χ0n) is 9.81. The van der Waals surface area contributed by atoms with E-state index in [-0.39, 0.29) is 11.9 Å². The smallest absolute Gasteiger partial charge is 0.235 e. The molecule has 0 heterocycles. The summed E-state index contributed by atoms with van der Waals surface area (Å²) >= 11 is 0. The predicted octanol–water partition coefficient (Wildman–Crippen LogP) is 0.887. The fraction of sp³-hybridized carbons (Fsp3) is 0.417. The van der Waals surface area contributed by atoms with Crippen LogP contribution in [0.15, 0.2) is 30.3 Å². The van der Waals surface area contributed by atoms with Crippen LogP contribution in [0.3, 0.4) is 0 Å². The van der Waals surface area contributed by atoms with Crippen LogP contribution in [0.1, 0.15) is 18.9 Å². The summed E-state index contributed by atoms with van der Waals surface area (Å²) in [6.45, 7) is 2.85. The highest BCUT2D eigenvalue weighted by atomic mass is 16.2. The minimum absolute atomic E-state index is 0.132. The number of hydrazine groups is 1. The molecule has 0 saturated carbocycles. The van der Waals surface area contributed by atoms with E-state index in [1.165, 1.54) is 5.56 Å². The normalized spacial score (nSPS) is 12.5. The first-order valence-electron chi connectivity index (χ1n) is 5.37. The molecule has 1 amide bonds. The van der Waals surface area contributed by atoms with Crippen LogP contribution in [0.5, 0.6) is 0 Å². The van der Waals surface area contributed by atoms with E-state index in [1.807, 2.05) is 32.2 Å². The summed E-state index contributed by atoms with van der Waals surface area (Å²) in [7, 11) is 2.00. The van der Waals surface area contributed by atoms with Gasteiger partial charge in [0.15, 0.2) is 0 Å². The summed E-state index contributed by atoms with van der Waals surface area (Å²) in [5.74, 6) is 4.92. The lowest BCUT2D eigenvalue weighted by atomic mass is 10.1. The highest BCUT2D eigenvalue weighted by Crippen LogP contribution is 2.07. The zero-order valence-corrected chi connectivity index (χ0v) is 9.81. The number of hydrogen-bond acceptors (Lipinski definition) is 3. The Morgan fingerprint density at radius 3 is 2.62 bits per heavy atom. The molecule has 0 aliphatic carbocycles. The molecule has 1 unspecified atom stereocenters. The highest BCUT2D eigenvalue weighted by molar-refractivity contribution is 5.75. The molecule has 16 heavy (non-hydrogen) atoms. The average molecular weight is 221 g/mol. The monoisotopic (exact) mass is 221 g/mol. The molecule has 0 aliphatic rings. The largest absolute Gasteiger partial charge is 0.299 e. The second kappa shape index (κ2) is 6.25. The maximum absolute atomic E-state index is 11.1. The number of nitrogens with one attached hydrogen (secondary N) is 1. The summed E-state index contributed by atoms with van der Waals surface area (Å²) < 4.78 is 0. The van der Waals surface area contributed by atoms with Gasteiger partial charge < -0.3 is 0 Å². The van der Waals surface area contributed by atoms with Gasteiger partial charge in [-0.1, -0.05) is 30.3 Å². The van der Waals surface area contributed by atoms with Gasteiger partial charge in [-0.25, -0.2) is 5.84 Å². The van der Waals surface area contributed by atoms with Crippen LogP contribution in [0.25, 0.3) is 0 Å². The Labute approximate surface area is 96.4 Å². The van der Waals surface area contributed by atoms with Gasteiger partial charge >= 0.3 is 0 Å². The second-order valence-electron chi connectivity index (χ2n) is 4.02. The molecule has 0 fully saturated rings. The lowest BCUT2D eigenvalue weighted by molar-refractivity contribution is -0.122. The SMILES string of the molecule is CC(CC(=O)NN)N(C)Cc1ccccc1. The third-order valence-electron chi connectivity index (χ3n) is 2.67. The maximum atomic E-state index is 11.1. The summed E-state index contributed by atoms with van der Waals surface area (Å²) in [5.41, 5.74) is 3.39. The topological polar surface area (TPSA) is 58.4 Å². The number of carbonyl (C=O) groups excluding carboxylic acids is 1. The molecular formula is C12H19N3O. The summed E-state index contributed by atoms with van der Waals surface area (Å²) in [6, 6.07) is 10.3. The van der Waals surface area contributed by atoms with E-state index in [0.717, 1.165) is 6.54 Å². The van der Waals surface area contributed by atoms with Crippen molar-refractivity contribution in [2.24, 2.45) is 5.84 Å². The highest BCUT2D eigenvalue weighted by Gasteiger charge is 2.13. The van der Waals surface area contributed by atoms with Gasteiger partial charge in [-0.2, -0.15) is 0 Å². The van der Waals surface area contributed by atoms with Crippen molar-refractivity contribution in [3.8, 4) is 0 Å². The first kappa shape index (κ1) is 12.7. The van der Waals surface area contributed by atoms with E-state index in [0.29, 0.717) is 6.42 Å². The third-order valence-corrected chi connectivity index (χ3v) is 2.67.